The highest BCUT2D eigenvalue weighted by atomic mass is 15.0. The molecule has 0 unspecified atom stereocenters. The van der Waals surface area contributed by atoms with Crippen LogP contribution in [0.1, 0.15) is 0 Å². The van der Waals surface area contributed by atoms with Gasteiger partial charge in [-0.1, -0.05) is 212 Å². The van der Waals surface area contributed by atoms with E-state index in [0.29, 0.717) is 17.5 Å². The molecule has 0 saturated carbocycles. The van der Waals surface area contributed by atoms with E-state index in [0.717, 1.165) is 44.5 Å². The lowest BCUT2D eigenvalue weighted by Crippen LogP contribution is -2.01. The van der Waals surface area contributed by atoms with Crippen molar-refractivity contribution in [3.8, 4) is 101 Å². The topological polar surface area (TPSA) is 38.7 Å². The minimum atomic E-state index is 0.622. The van der Waals surface area contributed by atoms with Gasteiger partial charge in [0.15, 0.2) is 17.5 Å². The van der Waals surface area contributed by atoms with Crippen molar-refractivity contribution in [3.05, 3.63) is 224 Å². The molecule has 0 atom stereocenters. The molecular weight excluding hydrogens is 751 g/mol. The number of benzene rings is 10. The SMILES string of the molecule is c1ccc(-c2nc(-c3cccc(-c4ccc5ccccc5c4-c4cccc(-c5ccc6c7c(cccc57)-c5ccccc5-6)c4)c3)nc(-c3ccccc3-c3ccccc3)n2)cc1. The fourth-order valence-electron chi connectivity index (χ4n) is 9.44. The largest absolute Gasteiger partial charge is 0.208 e. The zero-order valence-corrected chi connectivity index (χ0v) is 33.7. The molecule has 0 N–H and O–H groups in total. The van der Waals surface area contributed by atoms with Gasteiger partial charge in [0.05, 0.1) is 0 Å². The first-order chi connectivity index (χ1) is 30.7. The average Bonchev–Trinajstić information content (AvgIpc) is 3.68. The molecule has 10 aromatic carbocycles. The Balaban J connectivity index is 1.01. The van der Waals surface area contributed by atoms with Crippen molar-refractivity contribution < 1.29 is 0 Å². The van der Waals surface area contributed by atoms with Crippen LogP contribution in [0.3, 0.4) is 0 Å². The maximum atomic E-state index is 5.23. The van der Waals surface area contributed by atoms with Crippen molar-refractivity contribution >= 4 is 21.5 Å². The summed E-state index contributed by atoms with van der Waals surface area (Å²) >= 11 is 0. The average molecular weight is 788 g/mol. The first-order valence-corrected chi connectivity index (χ1v) is 21.1. The number of hydrogen-bond acceptors (Lipinski definition) is 3. The van der Waals surface area contributed by atoms with Crippen molar-refractivity contribution in [1.29, 1.82) is 0 Å². The van der Waals surface area contributed by atoms with E-state index in [9.17, 15) is 0 Å². The van der Waals surface area contributed by atoms with E-state index < -0.39 is 0 Å². The number of rotatable bonds is 7. The Kier molecular flexibility index (Phi) is 8.50. The third-order valence-corrected chi connectivity index (χ3v) is 12.3. The third kappa shape index (κ3) is 6.02. The van der Waals surface area contributed by atoms with Crippen LogP contribution in [0, 0.1) is 0 Å². The first-order valence-electron chi connectivity index (χ1n) is 21.1. The second kappa shape index (κ2) is 14.8. The van der Waals surface area contributed by atoms with Crippen molar-refractivity contribution in [2.24, 2.45) is 0 Å². The van der Waals surface area contributed by atoms with Crippen molar-refractivity contribution in [1.82, 2.24) is 15.0 Å². The van der Waals surface area contributed by atoms with E-state index in [1.807, 2.05) is 24.3 Å². The van der Waals surface area contributed by atoms with E-state index in [-0.39, 0.29) is 0 Å². The minimum absolute atomic E-state index is 0.622. The van der Waals surface area contributed by atoms with Crippen LogP contribution in [0.2, 0.25) is 0 Å². The molecule has 3 nitrogen and oxygen atoms in total. The molecule has 0 bridgehead atoms. The Bertz CT molecular complexity index is 3490. The fourth-order valence-corrected chi connectivity index (χ4v) is 9.44. The molecule has 1 aliphatic rings. The summed E-state index contributed by atoms with van der Waals surface area (Å²) in [5.41, 5.74) is 17.2. The predicted octanol–water partition coefficient (Wildman–Crippen LogP) is 15.5. The molecule has 11 aromatic rings. The molecule has 288 valence electrons. The van der Waals surface area contributed by atoms with Crippen LogP contribution in [-0.4, -0.2) is 15.0 Å². The summed E-state index contributed by atoms with van der Waals surface area (Å²) in [5, 5.41) is 5.01. The van der Waals surface area contributed by atoms with E-state index >= 15 is 0 Å². The number of aromatic nitrogens is 3. The lowest BCUT2D eigenvalue weighted by atomic mass is 9.87. The Morgan fingerprint density at radius 3 is 1.47 bits per heavy atom. The Hall–Kier alpha value is -8.27. The summed E-state index contributed by atoms with van der Waals surface area (Å²) in [6.45, 7) is 0. The van der Waals surface area contributed by atoms with Crippen molar-refractivity contribution in [2.75, 3.05) is 0 Å². The van der Waals surface area contributed by atoms with Gasteiger partial charge in [0.25, 0.3) is 0 Å². The van der Waals surface area contributed by atoms with Gasteiger partial charge in [-0.2, -0.15) is 0 Å². The summed E-state index contributed by atoms with van der Waals surface area (Å²) in [4.78, 5) is 15.5. The van der Waals surface area contributed by atoms with Crippen LogP contribution in [0.25, 0.3) is 122 Å². The molecule has 0 fully saturated rings. The highest BCUT2D eigenvalue weighted by molar-refractivity contribution is 6.19. The smallest absolute Gasteiger partial charge is 0.164 e. The van der Waals surface area contributed by atoms with Crippen LogP contribution < -0.4 is 0 Å². The van der Waals surface area contributed by atoms with Gasteiger partial charge >= 0.3 is 0 Å². The summed E-state index contributed by atoms with van der Waals surface area (Å²) in [6.07, 6.45) is 0. The second-order valence-corrected chi connectivity index (χ2v) is 15.9. The lowest BCUT2D eigenvalue weighted by Gasteiger charge is -2.17. The van der Waals surface area contributed by atoms with Gasteiger partial charge < -0.3 is 0 Å². The van der Waals surface area contributed by atoms with Crippen molar-refractivity contribution in [2.45, 2.75) is 0 Å². The molecule has 0 saturated heterocycles. The molecule has 0 amide bonds. The van der Waals surface area contributed by atoms with Gasteiger partial charge in [-0.3, -0.25) is 0 Å². The zero-order chi connectivity index (χ0) is 41.0. The summed E-state index contributed by atoms with van der Waals surface area (Å²) < 4.78 is 0. The van der Waals surface area contributed by atoms with Gasteiger partial charge in [0.2, 0.25) is 0 Å². The molecule has 12 rings (SSSR count). The zero-order valence-electron chi connectivity index (χ0n) is 33.7. The van der Waals surface area contributed by atoms with E-state index in [1.165, 1.54) is 60.5 Å². The maximum Gasteiger partial charge on any atom is 0.164 e. The van der Waals surface area contributed by atoms with Crippen molar-refractivity contribution in [3.63, 3.8) is 0 Å². The monoisotopic (exact) mass is 787 g/mol. The van der Waals surface area contributed by atoms with Gasteiger partial charge in [-0.25, -0.2) is 15.0 Å². The van der Waals surface area contributed by atoms with Crippen LogP contribution in [0.5, 0.6) is 0 Å². The Labute approximate surface area is 360 Å². The minimum Gasteiger partial charge on any atom is -0.208 e. The standard InChI is InChI=1S/C59H37N3/c1-3-16-38(17-4-1)45-25-9-12-29-54(45)59-61-57(40-19-5-2-6-20-40)60-58(62-59)44-24-14-22-42(37-44)48-33-32-39-18-7-8-26-47(39)55(48)43-23-13-21-41(36-43)46-34-35-53-50-28-11-10-27-49(50)52-31-15-30-51(46)56(52)53/h1-37H. The first kappa shape index (κ1) is 35.7. The maximum absolute atomic E-state index is 5.23. The molecule has 62 heavy (non-hydrogen) atoms. The molecule has 1 heterocycles. The molecule has 0 radical (unpaired) electrons. The number of fused-ring (bicyclic) bond motifs is 4. The molecule has 1 aliphatic carbocycles. The molecule has 3 heteroatoms. The Morgan fingerprint density at radius 2 is 0.694 bits per heavy atom. The molecular formula is C59H37N3. The van der Waals surface area contributed by atoms with Crippen LogP contribution in [0.15, 0.2) is 224 Å². The van der Waals surface area contributed by atoms with Crippen LogP contribution in [-0.2, 0) is 0 Å². The summed E-state index contributed by atoms with van der Waals surface area (Å²) in [7, 11) is 0. The third-order valence-electron chi connectivity index (χ3n) is 12.3. The van der Waals surface area contributed by atoms with Crippen LogP contribution >= 0.6 is 0 Å². The van der Waals surface area contributed by atoms with Gasteiger partial charge in [0, 0.05) is 16.7 Å². The Morgan fingerprint density at radius 1 is 0.226 bits per heavy atom. The van der Waals surface area contributed by atoms with E-state index in [4.69, 9.17) is 15.0 Å². The molecule has 0 spiro atoms. The number of hydrogen-bond donors (Lipinski definition) is 0. The van der Waals surface area contributed by atoms with Crippen LogP contribution in [0.4, 0.5) is 0 Å². The quantitative estimate of drug-likeness (QED) is 0.161. The van der Waals surface area contributed by atoms with Gasteiger partial charge in [-0.15, -0.1) is 0 Å². The second-order valence-electron chi connectivity index (χ2n) is 15.9. The number of nitrogens with zero attached hydrogens (tertiary/aromatic N) is 3. The summed E-state index contributed by atoms with van der Waals surface area (Å²) in [6, 6.07) is 80.0. The molecule has 0 aliphatic heterocycles. The highest BCUT2D eigenvalue weighted by Crippen LogP contribution is 2.50. The van der Waals surface area contributed by atoms with E-state index in [1.54, 1.807) is 0 Å². The highest BCUT2D eigenvalue weighted by Gasteiger charge is 2.23. The lowest BCUT2D eigenvalue weighted by molar-refractivity contribution is 1.07. The van der Waals surface area contributed by atoms with Gasteiger partial charge in [0.1, 0.15) is 0 Å². The summed E-state index contributed by atoms with van der Waals surface area (Å²) in [5.74, 6) is 1.89. The predicted molar refractivity (Wildman–Crippen MR) is 257 cm³/mol. The van der Waals surface area contributed by atoms with Gasteiger partial charge in [-0.05, 0) is 100 Å². The van der Waals surface area contributed by atoms with E-state index in [2.05, 4.69) is 200 Å². The fraction of sp³-hybridized carbons (Fsp3) is 0. The normalized spacial score (nSPS) is 11.5. The molecule has 1 aromatic heterocycles.